The van der Waals surface area contributed by atoms with Crippen molar-refractivity contribution < 1.29 is 18.8 Å². The molecule has 218 valence electrons. The maximum Gasteiger partial charge on any atom is 0.244 e. The highest BCUT2D eigenvalue weighted by molar-refractivity contribution is 6.53. The second-order valence-electron chi connectivity index (χ2n) is 11.9. The van der Waals surface area contributed by atoms with Gasteiger partial charge in [-0.05, 0) is 72.6 Å². The van der Waals surface area contributed by atoms with Gasteiger partial charge in [-0.15, -0.1) is 0 Å². The smallest absolute Gasteiger partial charge is 0.244 e. The average molecular weight is 574 g/mol. The number of amides is 1. The predicted molar refractivity (Wildman–Crippen MR) is 167 cm³/mol. The Kier molecular flexibility index (Phi) is 7.57. The van der Waals surface area contributed by atoms with E-state index in [1.807, 2.05) is 55.5 Å². The van der Waals surface area contributed by atoms with Crippen molar-refractivity contribution in [2.24, 2.45) is 0 Å². The zero-order chi connectivity index (χ0) is 30.1. The highest BCUT2D eigenvalue weighted by Gasteiger charge is 2.40. The maximum absolute atomic E-state index is 13.6. The van der Waals surface area contributed by atoms with Gasteiger partial charge in [-0.25, -0.2) is 0 Å². The van der Waals surface area contributed by atoms with E-state index in [-0.39, 0.29) is 11.3 Å². The molecule has 0 radical (unpaired) electrons. The first-order chi connectivity index (χ1) is 20.7. The number of aromatic nitrogens is 1. The molecule has 0 saturated carbocycles. The van der Waals surface area contributed by atoms with Crippen molar-refractivity contribution in [3.05, 3.63) is 112 Å². The van der Waals surface area contributed by atoms with Crippen LogP contribution in [0.5, 0.6) is 0 Å². The number of hydrogen-bond donors (Lipinski definition) is 1. The highest BCUT2D eigenvalue weighted by atomic mass is 16.3. The van der Waals surface area contributed by atoms with E-state index in [1.54, 1.807) is 18.5 Å². The first kappa shape index (κ1) is 28.3. The molecule has 2 aromatic carbocycles. The summed E-state index contributed by atoms with van der Waals surface area (Å²) in [7, 11) is 0. The second kappa shape index (κ2) is 11.5. The van der Waals surface area contributed by atoms with Crippen LogP contribution >= 0.6 is 0 Å². The van der Waals surface area contributed by atoms with Crippen LogP contribution in [0.2, 0.25) is 0 Å². The number of para-hydroxylation sites is 1. The molecule has 2 aromatic heterocycles. The van der Waals surface area contributed by atoms with E-state index in [2.05, 4.69) is 35.1 Å². The molecular weight excluding hydrogens is 538 g/mol. The Morgan fingerprint density at radius 1 is 1.05 bits per heavy atom. The van der Waals surface area contributed by atoms with E-state index in [1.165, 1.54) is 6.08 Å². The van der Waals surface area contributed by atoms with Gasteiger partial charge in [-0.3, -0.25) is 19.4 Å². The third kappa shape index (κ3) is 5.43. The van der Waals surface area contributed by atoms with Crippen LogP contribution in [-0.4, -0.2) is 35.5 Å². The summed E-state index contributed by atoms with van der Waals surface area (Å²) in [5.74, 6) is -0.0160. The Morgan fingerprint density at radius 2 is 1.84 bits per heavy atom. The van der Waals surface area contributed by atoms with Crippen LogP contribution in [0.25, 0.3) is 17.4 Å². The van der Waals surface area contributed by atoms with Gasteiger partial charge in [0, 0.05) is 53.9 Å². The molecule has 0 atom stereocenters. The molecule has 2 heterocycles. The third-order valence-electron chi connectivity index (χ3n) is 8.67. The number of hydrogen-bond acceptors (Lipinski definition) is 6. The minimum Gasteiger partial charge on any atom is -0.458 e. The zero-order valence-corrected chi connectivity index (χ0v) is 24.8. The number of nitrogens with zero attached hydrogens (tertiary/aromatic N) is 2. The Balaban J connectivity index is 1.27. The fourth-order valence-electron chi connectivity index (χ4n) is 6.36. The topological polar surface area (TPSA) is 92.5 Å². The van der Waals surface area contributed by atoms with Crippen molar-refractivity contribution in [2.45, 2.75) is 52.0 Å². The van der Waals surface area contributed by atoms with Crippen molar-refractivity contribution in [2.75, 3.05) is 18.0 Å². The van der Waals surface area contributed by atoms with Crippen LogP contribution < -0.4 is 10.2 Å². The average Bonchev–Trinajstić information content (AvgIpc) is 3.34. The molecule has 43 heavy (non-hydrogen) atoms. The Hall–Kier alpha value is -4.78. The summed E-state index contributed by atoms with van der Waals surface area (Å²) >= 11 is 0. The summed E-state index contributed by atoms with van der Waals surface area (Å²) in [5, 5.41) is 2.95. The number of furan rings is 1. The highest BCUT2D eigenvalue weighted by Crippen LogP contribution is 2.45. The number of carbonyl (C=O) groups excluding carboxylic acids is 3. The molecule has 4 aromatic rings. The van der Waals surface area contributed by atoms with Crippen LogP contribution in [0.1, 0.15) is 75.4 Å². The minimum absolute atomic E-state index is 0.0450. The molecule has 7 nitrogen and oxygen atoms in total. The molecule has 0 aliphatic heterocycles. The summed E-state index contributed by atoms with van der Waals surface area (Å²) in [6.45, 7) is 7.53. The summed E-state index contributed by atoms with van der Waals surface area (Å²) in [4.78, 5) is 45.8. The lowest BCUT2D eigenvalue weighted by atomic mass is 9.69. The number of benzene rings is 2. The predicted octanol–water partition coefficient (Wildman–Crippen LogP) is 6.48. The van der Waals surface area contributed by atoms with E-state index < -0.39 is 11.6 Å². The van der Waals surface area contributed by atoms with Crippen molar-refractivity contribution in [1.29, 1.82) is 0 Å². The molecule has 2 aliphatic rings. The number of carbonyl (C=O) groups is 3. The number of ketones is 2. The molecule has 1 N–H and O–H groups in total. The zero-order valence-electron chi connectivity index (χ0n) is 24.8. The standard InChI is InChI=1S/C36H35N3O4/c1-23-29(22-39(25-10-5-4-6-11-25)20-19-38-30(40)16-13-24-9-8-18-37-21-24)43-35-27-14-15-28-26(12-7-17-36(28,2)3)32(27)34(42)33(41)31(23)35/h4-6,8-11,13-16,18,21H,7,12,17,19-20,22H2,1-3H3,(H,38,40)/b16-13+. The Morgan fingerprint density at radius 3 is 2.60 bits per heavy atom. The van der Waals surface area contributed by atoms with E-state index >= 15 is 0 Å². The fourth-order valence-corrected chi connectivity index (χ4v) is 6.36. The van der Waals surface area contributed by atoms with Crippen molar-refractivity contribution in [1.82, 2.24) is 10.3 Å². The fraction of sp³-hybridized carbons (Fsp3) is 0.278. The second-order valence-corrected chi connectivity index (χ2v) is 11.9. The van der Waals surface area contributed by atoms with Gasteiger partial charge in [0.05, 0.1) is 12.1 Å². The van der Waals surface area contributed by atoms with Gasteiger partial charge in [0.1, 0.15) is 11.5 Å². The van der Waals surface area contributed by atoms with Crippen LogP contribution in [0.3, 0.4) is 0 Å². The molecule has 2 aliphatic carbocycles. The van der Waals surface area contributed by atoms with Crippen LogP contribution in [0.15, 0.2) is 77.5 Å². The number of fused-ring (bicyclic) bond motifs is 5. The SMILES string of the molecule is Cc1c(CN(CCNC(=O)/C=C/c2cccnc2)c2ccccc2)oc2c1C(=O)C(=O)c1c-2ccc2c1CCCC2(C)C. The number of pyridine rings is 1. The van der Waals surface area contributed by atoms with E-state index in [9.17, 15) is 14.4 Å². The van der Waals surface area contributed by atoms with Crippen LogP contribution in [0.4, 0.5) is 5.69 Å². The van der Waals surface area contributed by atoms with E-state index in [0.29, 0.717) is 53.4 Å². The Labute approximate surface area is 251 Å². The normalized spacial score (nSPS) is 15.1. The Bertz CT molecular complexity index is 1740. The van der Waals surface area contributed by atoms with E-state index in [4.69, 9.17) is 4.42 Å². The van der Waals surface area contributed by atoms with Gasteiger partial charge in [-0.2, -0.15) is 0 Å². The molecule has 0 fully saturated rings. The summed E-state index contributed by atoms with van der Waals surface area (Å²) < 4.78 is 6.47. The van der Waals surface area contributed by atoms with Gasteiger partial charge in [0.2, 0.25) is 17.5 Å². The number of nitrogens with one attached hydrogen (secondary N) is 1. The van der Waals surface area contributed by atoms with Gasteiger partial charge < -0.3 is 14.6 Å². The molecule has 0 saturated heterocycles. The summed E-state index contributed by atoms with van der Waals surface area (Å²) in [6, 6.07) is 17.6. The van der Waals surface area contributed by atoms with Gasteiger partial charge in [-0.1, -0.05) is 50.2 Å². The number of rotatable bonds is 8. The molecular formula is C36H35N3O4. The van der Waals surface area contributed by atoms with Crippen molar-refractivity contribution >= 4 is 29.2 Å². The molecule has 0 unspecified atom stereocenters. The van der Waals surface area contributed by atoms with Crippen molar-refractivity contribution in [3.63, 3.8) is 0 Å². The summed E-state index contributed by atoms with van der Waals surface area (Å²) in [6.07, 6.45) is 9.41. The van der Waals surface area contributed by atoms with Crippen LogP contribution in [-0.2, 0) is 23.2 Å². The van der Waals surface area contributed by atoms with E-state index in [0.717, 1.165) is 41.6 Å². The maximum atomic E-state index is 13.6. The number of Topliss-reactive ketones (excluding diaryl/α,β-unsaturated/α-hetero) is 2. The van der Waals surface area contributed by atoms with Crippen molar-refractivity contribution in [3.8, 4) is 11.3 Å². The first-order valence-corrected chi connectivity index (χ1v) is 14.8. The van der Waals surface area contributed by atoms with Crippen LogP contribution in [0, 0.1) is 6.92 Å². The minimum atomic E-state index is -0.495. The lowest BCUT2D eigenvalue weighted by Crippen LogP contribution is -2.34. The lowest BCUT2D eigenvalue weighted by molar-refractivity contribution is -0.116. The molecule has 0 bridgehead atoms. The molecule has 0 spiro atoms. The van der Waals surface area contributed by atoms with Gasteiger partial charge >= 0.3 is 0 Å². The van der Waals surface area contributed by atoms with Gasteiger partial charge in [0.15, 0.2) is 0 Å². The monoisotopic (exact) mass is 573 g/mol. The lowest BCUT2D eigenvalue weighted by Gasteiger charge is -2.34. The molecule has 6 rings (SSSR count). The van der Waals surface area contributed by atoms with Gasteiger partial charge in [0.25, 0.3) is 0 Å². The quantitative estimate of drug-likeness (QED) is 0.192. The largest absolute Gasteiger partial charge is 0.458 e. The number of anilines is 1. The third-order valence-corrected chi connectivity index (χ3v) is 8.67. The first-order valence-electron chi connectivity index (χ1n) is 14.8. The summed E-state index contributed by atoms with van der Waals surface area (Å²) in [5.41, 5.74) is 6.18. The molecule has 7 heteroatoms. The molecule has 1 amide bonds.